The van der Waals surface area contributed by atoms with E-state index in [-0.39, 0.29) is 34.1 Å². The van der Waals surface area contributed by atoms with Crippen molar-refractivity contribution in [3.05, 3.63) is 62.5 Å². The van der Waals surface area contributed by atoms with Gasteiger partial charge in [0, 0.05) is 22.6 Å². The fourth-order valence-electron chi connectivity index (χ4n) is 3.09. The van der Waals surface area contributed by atoms with Gasteiger partial charge in [-0.3, -0.25) is 13.9 Å². The van der Waals surface area contributed by atoms with Crippen molar-refractivity contribution in [2.75, 3.05) is 23.7 Å². The van der Waals surface area contributed by atoms with Crippen LogP contribution in [0.25, 0.3) is 0 Å². The lowest BCUT2D eigenvalue weighted by atomic mass is 10.1. The standard InChI is InChI=1S/C23H28BrCl2N3O4S/c1-15(2)12-27-23(31)16(3)28(13-17-5-7-18(24)8-6-17)22(30)14-29(34(4,32)33)21-11-19(25)9-10-20(21)26/h5-11,15-16H,12-14H2,1-4H3,(H,27,31)/t16-/m1/s1. The zero-order valence-corrected chi connectivity index (χ0v) is 23.3. The van der Waals surface area contributed by atoms with Gasteiger partial charge in [-0.05, 0) is 48.7 Å². The summed E-state index contributed by atoms with van der Waals surface area (Å²) in [6.45, 7) is 5.57. The highest BCUT2D eigenvalue weighted by Gasteiger charge is 2.31. The van der Waals surface area contributed by atoms with Crippen LogP contribution in [0.1, 0.15) is 26.3 Å². The maximum absolute atomic E-state index is 13.5. The Labute approximate surface area is 219 Å². The molecule has 186 valence electrons. The van der Waals surface area contributed by atoms with Crippen molar-refractivity contribution in [1.29, 1.82) is 0 Å². The Hall–Kier alpha value is -1.81. The van der Waals surface area contributed by atoms with Gasteiger partial charge in [0.15, 0.2) is 0 Å². The minimum Gasteiger partial charge on any atom is -0.354 e. The molecule has 1 N–H and O–H groups in total. The number of amides is 2. The third-order valence-corrected chi connectivity index (χ3v) is 7.18. The van der Waals surface area contributed by atoms with Crippen molar-refractivity contribution in [2.24, 2.45) is 5.92 Å². The Morgan fingerprint density at radius 2 is 1.68 bits per heavy atom. The van der Waals surface area contributed by atoms with Crippen LogP contribution in [-0.4, -0.2) is 50.5 Å². The number of hydrogen-bond acceptors (Lipinski definition) is 4. The molecule has 2 amide bonds. The fraction of sp³-hybridized carbons (Fsp3) is 0.391. The Balaban J connectivity index is 2.40. The van der Waals surface area contributed by atoms with E-state index in [1.165, 1.54) is 23.1 Å². The molecule has 2 aromatic rings. The van der Waals surface area contributed by atoms with Crippen LogP contribution in [-0.2, 0) is 26.2 Å². The van der Waals surface area contributed by atoms with Crippen LogP contribution in [0, 0.1) is 5.92 Å². The van der Waals surface area contributed by atoms with Crippen LogP contribution in [0.2, 0.25) is 10.0 Å². The second-order valence-electron chi connectivity index (χ2n) is 8.33. The largest absolute Gasteiger partial charge is 0.354 e. The molecule has 0 aliphatic carbocycles. The summed E-state index contributed by atoms with van der Waals surface area (Å²) in [5.74, 6) is -0.653. The average Bonchev–Trinajstić information content (AvgIpc) is 2.75. The van der Waals surface area contributed by atoms with Crippen LogP contribution < -0.4 is 9.62 Å². The Bertz CT molecular complexity index is 1130. The molecule has 0 radical (unpaired) electrons. The van der Waals surface area contributed by atoms with Crippen LogP contribution in [0.15, 0.2) is 46.9 Å². The lowest BCUT2D eigenvalue weighted by Crippen LogP contribution is -2.51. The summed E-state index contributed by atoms with van der Waals surface area (Å²) in [6, 6.07) is 10.8. The van der Waals surface area contributed by atoms with E-state index in [1.54, 1.807) is 6.92 Å². The molecule has 0 aliphatic heterocycles. The Morgan fingerprint density at radius 3 is 2.24 bits per heavy atom. The van der Waals surface area contributed by atoms with Gasteiger partial charge in [-0.15, -0.1) is 0 Å². The smallest absolute Gasteiger partial charge is 0.244 e. The molecule has 2 rings (SSSR count). The molecule has 0 aromatic heterocycles. The van der Waals surface area contributed by atoms with Crippen molar-refractivity contribution >= 4 is 66.7 Å². The third kappa shape index (κ3) is 8.15. The number of carbonyl (C=O) groups is 2. The summed E-state index contributed by atoms with van der Waals surface area (Å²) in [6.07, 6.45) is 0.981. The number of benzene rings is 2. The zero-order chi connectivity index (χ0) is 25.6. The minimum atomic E-state index is -3.90. The number of nitrogens with one attached hydrogen (secondary N) is 1. The van der Waals surface area contributed by atoms with Gasteiger partial charge in [-0.1, -0.05) is 65.1 Å². The van der Waals surface area contributed by atoms with Gasteiger partial charge in [-0.2, -0.15) is 0 Å². The molecule has 0 heterocycles. The number of hydrogen-bond donors (Lipinski definition) is 1. The molecule has 0 fully saturated rings. The maximum atomic E-state index is 13.5. The van der Waals surface area contributed by atoms with Crippen LogP contribution in [0.3, 0.4) is 0 Å². The quantitative estimate of drug-likeness (QED) is 0.433. The van der Waals surface area contributed by atoms with Gasteiger partial charge in [0.1, 0.15) is 12.6 Å². The second-order valence-corrected chi connectivity index (χ2v) is 12.0. The van der Waals surface area contributed by atoms with Crippen molar-refractivity contribution in [3.63, 3.8) is 0 Å². The number of sulfonamides is 1. The molecule has 7 nitrogen and oxygen atoms in total. The summed E-state index contributed by atoms with van der Waals surface area (Å²) in [4.78, 5) is 27.6. The van der Waals surface area contributed by atoms with E-state index >= 15 is 0 Å². The van der Waals surface area contributed by atoms with E-state index in [2.05, 4.69) is 21.2 Å². The number of carbonyl (C=O) groups excluding carboxylic acids is 2. The number of halogens is 3. The molecule has 2 aromatic carbocycles. The van der Waals surface area contributed by atoms with Crippen molar-refractivity contribution in [1.82, 2.24) is 10.2 Å². The molecule has 0 aliphatic rings. The number of nitrogens with zero attached hydrogens (tertiary/aromatic N) is 2. The summed E-state index contributed by atoms with van der Waals surface area (Å²) in [7, 11) is -3.90. The average molecular weight is 593 g/mol. The first-order valence-corrected chi connectivity index (χ1v) is 13.9. The van der Waals surface area contributed by atoms with Gasteiger partial charge >= 0.3 is 0 Å². The van der Waals surface area contributed by atoms with E-state index in [9.17, 15) is 18.0 Å². The van der Waals surface area contributed by atoms with Gasteiger partial charge < -0.3 is 10.2 Å². The first-order valence-electron chi connectivity index (χ1n) is 10.5. The van der Waals surface area contributed by atoms with Crippen LogP contribution >= 0.6 is 39.1 Å². The third-order valence-electron chi connectivity index (χ3n) is 4.97. The molecular formula is C23H28BrCl2N3O4S. The SMILES string of the molecule is CC(C)CNC(=O)[C@@H](C)N(Cc1ccc(Br)cc1)C(=O)CN(c1cc(Cl)ccc1Cl)S(C)(=O)=O. The molecule has 34 heavy (non-hydrogen) atoms. The highest BCUT2D eigenvalue weighted by Crippen LogP contribution is 2.31. The minimum absolute atomic E-state index is 0.0884. The predicted molar refractivity (Wildman–Crippen MR) is 141 cm³/mol. The summed E-state index contributed by atoms with van der Waals surface area (Å²) in [5, 5.41) is 3.23. The van der Waals surface area contributed by atoms with E-state index in [0.717, 1.165) is 20.6 Å². The molecule has 11 heteroatoms. The van der Waals surface area contributed by atoms with Crippen LogP contribution in [0.4, 0.5) is 5.69 Å². The van der Waals surface area contributed by atoms with Crippen LogP contribution in [0.5, 0.6) is 0 Å². The lowest BCUT2D eigenvalue weighted by molar-refractivity contribution is -0.139. The van der Waals surface area contributed by atoms with Gasteiger partial charge in [0.25, 0.3) is 0 Å². The Kier molecular flexibility index (Phi) is 10.2. The molecule has 0 saturated carbocycles. The van der Waals surface area contributed by atoms with Gasteiger partial charge in [0.05, 0.1) is 17.0 Å². The summed E-state index contributed by atoms with van der Waals surface area (Å²) < 4.78 is 27.0. The highest BCUT2D eigenvalue weighted by molar-refractivity contribution is 9.10. The molecule has 0 unspecified atom stereocenters. The second kappa shape index (κ2) is 12.2. The highest BCUT2D eigenvalue weighted by atomic mass is 79.9. The van der Waals surface area contributed by atoms with Gasteiger partial charge in [-0.25, -0.2) is 8.42 Å². The summed E-state index contributed by atoms with van der Waals surface area (Å²) >= 11 is 15.7. The topological polar surface area (TPSA) is 86.8 Å². The van der Waals surface area contributed by atoms with Crippen molar-refractivity contribution < 1.29 is 18.0 Å². The fourth-order valence-corrected chi connectivity index (χ4v) is 4.65. The first kappa shape index (κ1) is 28.4. The van der Waals surface area contributed by atoms with Gasteiger partial charge in [0.2, 0.25) is 21.8 Å². The first-order chi connectivity index (χ1) is 15.8. The van der Waals surface area contributed by atoms with Crippen molar-refractivity contribution in [3.8, 4) is 0 Å². The molecule has 0 spiro atoms. The number of anilines is 1. The van der Waals surface area contributed by atoms with E-state index < -0.39 is 28.5 Å². The molecule has 0 bridgehead atoms. The number of rotatable bonds is 10. The normalized spacial score (nSPS) is 12.4. The molecule has 0 saturated heterocycles. The molecule has 1 atom stereocenters. The lowest BCUT2D eigenvalue weighted by Gasteiger charge is -2.32. The van der Waals surface area contributed by atoms with E-state index in [0.29, 0.717) is 6.54 Å². The Morgan fingerprint density at radius 1 is 1.06 bits per heavy atom. The van der Waals surface area contributed by atoms with E-state index in [4.69, 9.17) is 23.2 Å². The predicted octanol–water partition coefficient (Wildman–Crippen LogP) is 4.71. The zero-order valence-electron chi connectivity index (χ0n) is 19.4. The molecular weight excluding hydrogens is 565 g/mol. The van der Waals surface area contributed by atoms with E-state index in [1.807, 2.05) is 38.1 Å². The van der Waals surface area contributed by atoms with Crippen molar-refractivity contribution in [2.45, 2.75) is 33.4 Å². The maximum Gasteiger partial charge on any atom is 0.244 e. The summed E-state index contributed by atoms with van der Waals surface area (Å²) in [5.41, 5.74) is 0.872. The monoisotopic (exact) mass is 591 g/mol.